The van der Waals surface area contributed by atoms with Crippen molar-refractivity contribution in [3.63, 3.8) is 0 Å². The average molecular weight is 182 g/mol. The van der Waals surface area contributed by atoms with E-state index < -0.39 is 0 Å². The normalized spacial score (nSPS) is 21.0. The molecule has 2 amide bonds. The molecule has 0 saturated carbocycles. The van der Waals surface area contributed by atoms with Crippen molar-refractivity contribution in [2.24, 2.45) is 0 Å². The summed E-state index contributed by atoms with van der Waals surface area (Å²) in [5, 5.41) is 5.29. The van der Waals surface area contributed by atoms with Gasteiger partial charge in [0.15, 0.2) is 0 Å². The van der Waals surface area contributed by atoms with E-state index in [9.17, 15) is 9.59 Å². The Hall–Kier alpha value is -1.32. The van der Waals surface area contributed by atoms with Gasteiger partial charge in [0.05, 0.1) is 0 Å². The van der Waals surface area contributed by atoms with Crippen LogP contribution < -0.4 is 10.6 Å². The van der Waals surface area contributed by atoms with E-state index in [1.54, 1.807) is 0 Å². The van der Waals surface area contributed by atoms with Crippen LogP contribution in [0.25, 0.3) is 0 Å². The van der Waals surface area contributed by atoms with Crippen LogP contribution in [0.4, 0.5) is 0 Å². The van der Waals surface area contributed by atoms with Crippen LogP contribution in [-0.2, 0) is 9.59 Å². The first-order chi connectivity index (χ1) is 6.09. The summed E-state index contributed by atoms with van der Waals surface area (Å²) in [6.07, 6.45) is 1.05. The minimum absolute atomic E-state index is 0.0459. The first-order valence-electron chi connectivity index (χ1n) is 4.31. The molecule has 0 aliphatic carbocycles. The molecule has 0 aromatic heterocycles. The molecular formula is C9H14N2O2. The maximum atomic E-state index is 11.3. The molecule has 4 heteroatoms. The highest BCUT2D eigenvalue weighted by Gasteiger charge is 2.26. The van der Waals surface area contributed by atoms with E-state index in [-0.39, 0.29) is 17.9 Å². The summed E-state index contributed by atoms with van der Waals surface area (Å²) in [5.74, 6) is -0.163. The second-order valence-corrected chi connectivity index (χ2v) is 3.33. The molecule has 72 valence electrons. The molecule has 4 nitrogen and oxygen atoms in total. The number of rotatable bonds is 3. The largest absolute Gasteiger partial charge is 0.351 e. The van der Waals surface area contributed by atoms with Crippen molar-refractivity contribution < 1.29 is 9.59 Å². The molecule has 1 aliphatic heterocycles. The van der Waals surface area contributed by atoms with Crippen molar-refractivity contribution in [2.45, 2.75) is 25.8 Å². The zero-order valence-electron chi connectivity index (χ0n) is 7.72. The van der Waals surface area contributed by atoms with Crippen molar-refractivity contribution in [3.05, 3.63) is 12.2 Å². The van der Waals surface area contributed by atoms with Gasteiger partial charge in [-0.1, -0.05) is 12.2 Å². The van der Waals surface area contributed by atoms with Crippen molar-refractivity contribution in [1.29, 1.82) is 0 Å². The van der Waals surface area contributed by atoms with Gasteiger partial charge in [0.2, 0.25) is 11.8 Å². The number of carbonyl (C=O) groups is 2. The lowest BCUT2D eigenvalue weighted by Crippen LogP contribution is -2.42. The van der Waals surface area contributed by atoms with E-state index in [4.69, 9.17) is 0 Å². The van der Waals surface area contributed by atoms with Crippen molar-refractivity contribution in [1.82, 2.24) is 10.6 Å². The minimum Gasteiger partial charge on any atom is -0.351 e. The quantitative estimate of drug-likeness (QED) is 0.601. The molecule has 1 atom stereocenters. The van der Waals surface area contributed by atoms with E-state index in [1.165, 1.54) is 0 Å². The second-order valence-electron chi connectivity index (χ2n) is 3.33. The summed E-state index contributed by atoms with van der Waals surface area (Å²) in [6, 6.07) is -0.341. The van der Waals surface area contributed by atoms with Crippen LogP contribution in [0.5, 0.6) is 0 Å². The van der Waals surface area contributed by atoms with Gasteiger partial charge in [0, 0.05) is 13.0 Å². The first kappa shape index (κ1) is 9.77. The van der Waals surface area contributed by atoms with Gasteiger partial charge in [0.25, 0.3) is 0 Å². The summed E-state index contributed by atoms with van der Waals surface area (Å²) in [7, 11) is 0. The first-order valence-corrected chi connectivity index (χ1v) is 4.31. The molecule has 2 N–H and O–H groups in total. The maximum absolute atomic E-state index is 11.3. The van der Waals surface area contributed by atoms with E-state index in [0.29, 0.717) is 19.4 Å². The molecular weight excluding hydrogens is 168 g/mol. The van der Waals surface area contributed by atoms with E-state index in [2.05, 4.69) is 17.2 Å². The lowest BCUT2D eigenvalue weighted by Gasteiger charge is -2.10. The van der Waals surface area contributed by atoms with Gasteiger partial charge in [-0.25, -0.2) is 0 Å². The second kappa shape index (κ2) is 4.07. The fraction of sp³-hybridized carbons (Fsp3) is 0.556. The molecule has 1 fully saturated rings. The molecule has 13 heavy (non-hydrogen) atoms. The fourth-order valence-electron chi connectivity index (χ4n) is 1.17. The molecule has 1 saturated heterocycles. The molecule has 0 aromatic carbocycles. The highest BCUT2D eigenvalue weighted by molar-refractivity contribution is 5.90. The topological polar surface area (TPSA) is 58.2 Å². The third-order valence-electron chi connectivity index (χ3n) is 1.88. The Balaban J connectivity index is 2.31. The molecule has 1 heterocycles. The molecule has 0 unspecified atom stereocenters. The zero-order valence-corrected chi connectivity index (χ0v) is 7.72. The van der Waals surface area contributed by atoms with Crippen molar-refractivity contribution in [3.8, 4) is 0 Å². The van der Waals surface area contributed by atoms with Crippen molar-refractivity contribution >= 4 is 11.8 Å². The lowest BCUT2D eigenvalue weighted by atomic mass is 10.2. The SMILES string of the molecule is C=C(C)CNC(=O)[C@H]1CCC(=O)N1. The Kier molecular flexibility index (Phi) is 3.06. The third-order valence-corrected chi connectivity index (χ3v) is 1.88. The van der Waals surface area contributed by atoms with E-state index in [0.717, 1.165) is 5.57 Å². The van der Waals surface area contributed by atoms with Gasteiger partial charge in [-0.2, -0.15) is 0 Å². The Bertz CT molecular complexity index is 248. The standard InChI is InChI=1S/C9H14N2O2/c1-6(2)5-10-9(13)7-3-4-8(12)11-7/h7H,1,3-5H2,2H3,(H,10,13)(H,11,12)/t7-/m1/s1. The smallest absolute Gasteiger partial charge is 0.242 e. The summed E-state index contributed by atoms with van der Waals surface area (Å²) >= 11 is 0. The Morgan fingerprint density at radius 1 is 1.77 bits per heavy atom. The molecule has 1 aliphatic rings. The van der Waals surface area contributed by atoms with Crippen LogP contribution in [0.15, 0.2) is 12.2 Å². The Morgan fingerprint density at radius 2 is 2.46 bits per heavy atom. The Morgan fingerprint density at radius 3 is 2.92 bits per heavy atom. The van der Waals surface area contributed by atoms with Crippen LogP contribution in [0.1, 0.15) is 19.8 Å². The minimum atomic E-state index is -0.341. The van der Waals surface area contributed by atoms with Crippen LogP contribution >= 0.6 is 0 Å². The molecule has 0 aromatic rings. The molecule has 0 spiro atoms. The van der Waals surface area contributed by atoms with E-state index >= 15 is 0 Å². The predicted octanol–water partition coefficient (Wildman–Crippen LogP) is -0.0427. The molecule has 1 rings (SSSR count). The molecule has 0 bridgehead atoms. The van der Waals surface area contributed by atoms with Gasteiger partial charge in [-0.05, 0) is 13.3 Å². The summed E-state index contributed by atoms with van der Waals surface area (Å²) in [6.45, 7) is 5.98. The summed E-state index contributed by atoms with van der Waals surface area (Å²) < 4.78 is 0. The lowest BCUT2D eigenvalue weighted by molar-refractivity contribution is -0.125. The highest BCUT2D eigenvalue weighted by atomic mass is 16.2. The van der Waals surface area contributed by atoms with Crippen LogP contribution in [0, 0.1) is 0 Å². The third kappa shape index (κ3) is 2.89. The van der Waals surface area contributed by atoms with Crippen molar-refractivity contribution in [2.75, 3.05) is 6.54 Å². The van der Waals surface area contributed by atoms with Crippen LogP contribution in [0.3, 0.4) is 0 Å². The zero-order chi connectivity index (χ0) is 9.84. The van der Waals surface area contributed by atoms with Crippen LogP contribution in [0.2, 0.25) is 0 Å². The molecule has 0 radical (unpaired) electrons. The number of nitrogens with one attached hydrogen (secondary N) is 2. The van der Waals surface area contributed by atoms with E-state index in [1.807, 2.05) is 6.92 Å². The number of amides is 2. The summed E-state index contributed by atoms with van der Waals surface area (Å²) in [5.41, 5.74) is 0.901. The fourth-order valence-corrected chi connectivity index (χ4v) is 1.17. The van der Waals surface area contributed by atoms with Gasteiger partial charge in [-0.15, -0.1) is 0 Å². The maximum Gasteiger partial charge on any atom is 0.242 e. The predicted molar refractivity (Wildman–Crippen MR) is 49.0 cm³/mol. The Labute approximate surface area is 77.4 Å². The van der Waals surface area contributed by atoms with Gasteiger partial charge < -0.3 is 10.6 Å². The van der Waals surface area contributed by atoms with Gasteiger partial charge >= 0.3 is 0 Å². The average Bonchev–Trinajstić information content (AvgIpc) is 2.47. The van der Waals surface area contributed by atoms with Crippen LogP contribution in [-0.4, -0.2) is 24.4 Å². The van der Waals surface area contributed by atoms with Gasteiger partial charge in [0.1, 0.15) is 6.04 Å². The number of hydrogen-bond donors (Lipinski definition) is 2. The monoisotopic (exact) mass is 182 g/mol. The number of carbonyl (C=O) groups excluding carboxylic acids is 2. The number of hydrogen-bond acceptors (Lipinski definition) is 2. The summed E-state index contributed by atoms with van der Waals surface area (Å²) in [4.78, 5) is 22.1. The van der Waals surface area contributed by atoms with Gasteiger partial charge in [-0.3, -0.25) is 9.59 Å². The highest BCUT2D eigenvalue weighted by Crippen LogP contribution is 2.05.